The van der Waals surface area contributed by atoms with E-state index in [1.165, 1.54) is 0 Å². The molecular formula is C18H39IN4O2. The molecular weight excluding hydrogens is 431 g/mol. The molecule has 1 unspecified atom stereocenters. The van der Waals surface area contributed by atoms with E-state index >= 15 is 0 Å². The van der Waals surface area contributed by atoms with Gasteiger partial charge in [-0.15, -0.1) is 24.0 Å². The Balaban J connectivity index is 0.00000576. The van der Waals surface area contributed by atoms with Crippen molar-refractivity contribution in [3.05, 3.63) is 0 Å². The van der Waals surface area contributed by atoms with Crippen LogP contribution in [0.3, 0.4) is 0 Å². The third-order valence-corrected chi connectivity index (χ3v) is 4.15. The lowest BCUT2D eigenvalue weighted by molar-refractivity contribution is 0.0424. The molecule has 0 saturated carbocycles. The zero-order valence-corrected chi connectivity index (χ0v) is 19.0. The molecule has 25 heavy (non-hydrogen) atoms. The number of hydrogen-bond acceptors (Lipinski definition) is 4. The van der Waals surface area contributed by atoms with Gasteiger partial charge in [0.1, 0.15) is 0 Å². The van der Waals surface area contributed by atoms with Crippen LogP contribution in [0.1, 0.15) is 47.5 Å². The van der Waals surface area contributed by atoms with Crippen LogP contribution < -0.4 is 10.6 Å². The number of guanidine groups is 1. The van der Waals surface area contributed by atoms with E-state index in [2.05, 4.69) is 55.1 Å². The molecule has 0 aliphatic carbocycles. The van der Waals surface area contributed by atoms with Gasteiger partial charge in [-0.25, -0.2) is 0 Å². The van der Waals surface area contributed by atoms with Crippen LogP contribution in [-0.2, 0) is 9.47 Å². The van der Waals surface area contributed by atoms with E-state index in [4.69, 9.17) is 9.47 Å². The molecule has 1 fully saturated rings. The van der Waals surface area contributed by atoms with Gasteiger partial charge in [0, 0.05) is 51.5 Å². The fourth-order valence-corrected chi connectivity index (χ4v) is 2.91. The summed E-state index contributed by atoms with van der Waals surface area (Å²) < 4.78 is 11.1. The molecule has 0 aromatic heterocycles. The molecule has 0 aromatic carbocycles. The second-order valence-electron chi connectivity index (χ2n) is 6.82. The average Bonchev–Trinajstić information content (AvgIpc) is 3.03. The molecule has 7 heteroatoms. The van der Waals surface area contributed by atoms with Gasteiger partial charge in [-0.3, -0.25) is 9.89 Å². The van der Waals surface area contributed by atoms with Crippen molar-refractivity contribution in [2.45, 2.75) is 65.6 Å². The summed E-state index contributed by atoms with van der Waals surface area (Å²) in [5, 5.41) is 6.74. The quantitative estimate of drug-likeness (QED) is 0.210. The Bertz CT molecular complexity index is 340. The zero-order valence-electron chi connectivity index (χ0n) is 16.7. The summed E-state index contributed by atoms with van der Waals surface area (Å²) in [4.78, 5) is 7.11. The maximum absolute atomic E-state index is 5.77. The van der Waals surface area contributed by atoms with Gasteiger partial charge in [0.15, 0.2) is 5.96 Å². The summed E-state index contributed by atoms with van der Waals surface area (Å²) in [5.41, 5.74) is 0. The van der Waals surface area contributed by atoms with E-state index in [0.717, 1.165) is 64.8 Å². The predicted octanol–water partition coefficient (Wildman–Crippen LogP) is 2.47. The third kappa shape index (κ3) is 11.2. The van der Waals surface area contributed by atoms with E-state index in [-0.39, 0.29) is 24.0 Å². The SMILES string of the molecule is CCNC(=NCCCOC1CCOC1)NCCN(C(C)C)C(C)C.I. The van der Waals surface area contributed by atoms with Gasteiger partial charge in [0.05, 0.1) is 12.7 Å². The first-order chi connectivity index (χ1) is 11.5. The Morgan fingerprint density at radius 1 is 1.24 bits per heavy atom. The highest BCUT2D eigenvalue weighted by atomic mass is 127. The number of aliphatic imine (C=N–C) groups is 1. The largest absolute Gasteiger partial charge is 0.379 e. The lowest BCUT2D eigenvalue weighted by Gasteiger charge is -2.30. The fraction of sp³-hybridized carbons (Fsp3) is 0.944. The van der Waals surface area contributed by atoms with E-state index in [9.17, 15) is 0 Å². The van der Waals surface area contributed by atoms with Crippen molar-refractivity contribution in [3.8, 4) is 0 Å². The predicted molar refractivity (Wildman–Crippen MR) is 116 cm³/mol. The summed E-state index contributed by atoms with van der Waals surface area (Å²) in [6, 6.07) is 1.12. The van der Waals surface area contributed by atoms with Crippen molar-refractivity contribution >= 4 is 29.9 Å². The van der Waals surface area contributed by atoms with Crippen molar-refractivity contribution in [2.75, 3.05) is 46.0 Å². The first-order valence-electron chi connectivity index (χ1n) is 9.51. The molecule has 0 radical (unpaired) electrons. The van der Waals surface area contributed by atoms with Gasteiger partial charge >= 0.3 is 0 Å². The van der Waals surface area contributed by atoms with Gasteiger partial charge < -0.3 is 20.1 Å². The van der Waals surface area contributed by atoms with E-state index < -0.39 is 0 Å². The number of halogens is 1. The maximum Gasteiger partial charge on any atom is 0.191 e. The molecule has 1 aliphatic rings. The normalized spacial score (nSPS) is 18.1. The lowest BCUT2D eigenvalue weighted by atomic mass is 10.2. The molecule has 6 nitrogen and oxygen atoms in total. The minimum Gasteiger partial charge on any atom is -0.379 e. The van der Waals surface area contributed by atoms with Crippen molar-refractivity contribution in [1.82, 2.24) is 15.5 Å². The second-order valence-corrected chi connectivity index (χ2v) is 6.82. The Labute approximate surface area is 171 Å². The van der Waals surface area contributed by atoms with Crippen LogP contribution in [0.2, 0.25) is 0 Å². The van der Waals surface area contributed by atoms with Crippen molar-refractivity contribution in [1.29, 1.82) is 0 Å². The third-order valence-electron chi connectivity index (χ3n) is 4.15. The molecule has 1 saturated heterocycles. The smallest absolute Gasteiger partial charge is 0.191 e. The van der Waals surface area contributed by atoms with Gasteiger partial charge in [-0.1, -0.05) is 0 Å². The Morgan fingerprint density at radius 3 is 2.52 bits per heavy atom. The molecule has 0 spiro atoms. The molecule has 1 heterocycles. The average molecular weight is 470 g/mol. The highest BCUT2D eigenvalue weighted by Gasteiger charge is 2.15. The second kappa shape index (κ2) is 15.0. The number of hydrogen-bond donors (Lipinski definition) is 2. The summed E-state index contributed by atoms with van der Waals surface area (Å²) in [7, 11) is 0. The van der Waals surface area contributed by atoms with Crippen LogP contribution in [-0.4, -0.2) is 75.0 Å². The topological polar surface area (TPSA) is 58.1 Å². The maximum atomic E-state index is 5.77. The van der Waals surface area contributed by atoms with Crippen LogP contribution in [0.15, 0.2) is 4.99 Å². The Morgan fingerprint density at radius 2 is 1.96 bits per heavy atom. The van der Waals surface area contributed by atoms with E-state index in [1.54, 1.807) is 0 Å². The molecule has 0 amide bonds. The summed E-state index contributed by atoms with van der Waals surface area (Å²) in [6.45, 7) is 17.0. The van der Waals surface area contributed by atoms with Crippen molar-refractivity contribution < 1.29 is 9.47 Å². The zero-order chi connectivity index (χ0) is 17.8. The van der Waals surface area contributed by atoms with Gasteiger partial charge in [-0.05, 0) is 47.5 Å². The van der Waals surface area contributed by atoms with Crippen LogP contribution in [0.25, 0.3) is 0 Å². The summed E-state index contributed by atoms with van der Waals surface area (Å²) in [6.07, 6.45) is 2.26. The number of nitrogens with zero attached hydrogens (tertiary/aromatic N) is 2. The van der Waals surface area contributed by atoms with Crippen molar-refractivity contribution in [3.63, 3.8) is 0 Å². The van der Waals surface area contributed by atoms with Crippen LogP contribution in [0.4, 0.5) is 0 Å². The molecule has 2 N–H and O–H groups in total. The van der Waals surface area contributed by atoms with E-state index in [0.29, 0.717) is 18.2 Å². The van der Waals surface area contributed by atoms with Crippen molar-refractivity contribution in [2.24, 2.45) is 4.99 Å². The van der Waals surface area contributed by atoms with Crippen LogP contribution >= 0.6 is 24.0 Å². The first-order valence-corrected chi connectivity index (χ1v) is 9.51. The van der Waals surface area contributed by atoms with Crippen LogP contribution in [0.5, 0.6) is 0 Å². The minimum atomic E-state index is 0. The summed E-state index contributed by atoms with van der Waals surface area (Å²) in [5.74, 6) is 0.897. The molecule has 150 valence electrons. The minimum absolute atomic E-state index is 0. The number of nitrogens with one attached hydrogen (secondary N) is 2. The Hall–Kier alpha value is -0.120. The molecule has 1 aliphatic heterocycles. The van der Waals surface area contributed by atoms with Crippen LogP contribution in [0, 0.1) is 0 Å². The fourth-order valence-electron chi connectivity index (χ4n) is 2.91. The highest BCUT2D eigenvalue weighted by molar-refractivity contribution is 14.0. The van der Waals surface area contributed by atoms with Gasteiger partial charge in [-0.2, -0.15) is 0 Å². The Kier molecular flexibility index (Phi) is 14.9. The molecule has 0 aromatic rings. The van der Waals surface area contributed by atoms with Gasteiger partial charge in [0.2, 0.25) is 0 Å². The monoisotopic (exact) mass is 470 g/mol. The molecule has 0 bridgehead atoms. The standard InChI is InChI=1S/C18H38N4O2.HI/c1-6-19-18(21-10-11-22(15(2)3)16(4)5)20-9-7-12-24-17-8-13-23-14-17;/h15-17H,6-14H2,1-5H3,(H2,19,20,21);1H. The molecule has 1 rings (SSSR count). The highest BCUT2D eigenvalue weighted by Crippen LogP contribution is 2.08. The lowest BCUT2D eigenvalue weighted by Crippen LogP contribution is -2.45. The first kappa shape index (κ1) is 24.9. The van der Waals surface area contributed by atoms with E-state index in [1.807, 2.05) is 0 Å². The number of ether oxygens (including phenoxy) is 2. The molecule has 1 atom stereocenters. The van der Waals surface area contributed by atoms with Gasteiger partial charge in [0.25, 0.3) is 0 Å². The number of rotatable bonds is 11. The summed E-state index contributed by atoms with van der Waals surface area (Å²) >= 11 is 0.